The van der Waals surface area contributed by atoms with Gasteiger partial charge in [-0.05, 0) is 55.5 Å². The smallest absolute Gasteiger partial charge is 0.153 e. The molecule has 0 amide bonds. The van der Waals surface area contributed by atoms with Crippen molar-refractivity contribution in [3.63, 3.8) is 0 Å². The summed E-state index contributed by atoms with van der Waals surface area (Å²) in [7, 11) is 0. The van der Waals surface area contributed by atoms with Crippen molar-refractivity contribution in [3.8, 4) is 17.1 Å². The molecule has 0 saturated heterocycles. The second-order valence-electron chi connectivity index (χ2n) is 6.79. The molecule has 0 bridgehead atoms. The van der Waals surface area contributed by atoms with Crippen molar-refractivity contribution in [2.45, 2.75) is 6.92 Å². The molecule has 0 aliphatic rings. The Morgan fingerprint density at radius 2 is 1.97 bits per heavy atom. The van der Waals surface area contributed by atoms with Crippen LogP contribution in [0.5, 0.6) is 0 Å². The van der Waals surface area contributed by atoms with Gasteiger partial charge in [0.1, 0.15) is 23.1 Å². The summed E-state index contributed by atoms with van der Waals surface area (Å²) in [5, 5.41) is 11.5. The molecule has 1 N–H and O–H groups in total. The Labute approximate surface area is 181 Å². The van der Waals surface area contributed by atoms with Crippen LogP contribution >= 0.6 is 11.6 Å². The van der Waals surface area contributed by atoms with Crippen LogP contribution in [0.15, 0.2) is 61.1 Å². The predicted octanol–water partition coefficient (Wildman–Crippen LogP) is 4.92. The summed E-state index contributed by atoms with van der Waals surface area (Å²) >= 11 is 6.12. The topological polar surface area (TPSA) is 81.4 Å². The average molecular weight is 431 g/mol. The van der Waals surface area contributed by atoms with Crippen LogP contribution < -0.4 is 5.32 Å². The maximum Gasteiger partial charge on any atom is 0.153 e. The van der Waals surface area contributed by atoms with Gasteiger partial charge in [0.15, 0.2) is 5.82 Å². The standard InChI is InChI=1S/C22H14ClFN7/c1-13-5-8-20(30-29-13)27-15-6-7-19-18(10-15)26-12-31(19)21-4-2-3-17(28-21)16-9-14(24)11-25-22(16)23/h2,4-12H,1H3,(H,27,30). The first-order valence-electron chi connectivity index (χ1n) is 9.32. The maximum absolute atomic E-state index is 13.6. The number of anilines is 2. The highest BCUT2D eigenvalue weighted by Gasteiger charge is 2.12. The molecular weight excluding hydrogens is 417 g/mol. The second-order valence-corrected chi connectivity index (χ2v) is 7.15. The highest BCUT2D eigenvalue weighted by Crippen LogP contribution is 2.27. The fourth-order valence-corrected chi connectivity index (χ4v) is 3.32. The summed E-state index contributed by atoms with van der Waals surface area (Å²) in [4.78, 5) is 12.9. The van der Waals surface area contributed by atoms with Gasteiger partial charge in [-0.3, -0.25) is 4.57 Å². The van der Waals surface area contributed by atoms with E-state index in [1.807, 2.05) is 41.8 Å². The molecule has 0 unspecified atom stereocenters. The van der Waals surface area contributed by atoms with Gasteiger partial charge in [-0.25, -0.2) is 19.3 Å². The first-order chi connectivity index (χ1) is 15.1. The fourth-order valence-electron chi connectivity index (χ4n) is 3.13. The molecule has 5 aromatic rings. The average Bonchev–Trinajstić information content (AvgIpc) is 3.20. The number of imidazole rings is 1. The number of benzene rings is 1. The quantitative estimate of drug-likeness (QED) is 0.408. The van der Waals surface area contributed by atoms with E-state index in [2.05, 4.69) is 36.5 Å². The van der Waals surface area contributed by atoms with Crippen LogP contribution in [0, 0.1) is 18.8 Å². The lowest BCUT2D eigenvalue weighted by atomic mass is 10.2. The number of aryl methyl sites for hydroxylation is 1. The minimum absolute atomic E-state index is 0.160. The van der Waals surface area contributed by atoms with E-state index in [1.54, 1.807) is 18.5 Å². The summed E-state index contributed by atoms with van der Waals surface area (Å²) in [5.74, 6) is 0.753. The molecular formula is C22H14ClFN7. The number of aromatic nitrogens is 6. The summed E-state index contributed by atoms with van der Waals surface area (Å²) in [6, 6.07) is 17.3. The molecule has 9 heteroatoms. The third-order valence-electron chi connectivity index (χ3n) is 4.60. The van der Waals surface area contributed by atoms with Gasteiger partial charge in [0.2, 0.25) is 0 Å². The Bertz CT molecular complexity index is 1400. The Kier molecular flexibility index (Phi) is 4.76. The number of pyridine rings is 2. The summed E-state index contributed by atoms with van der Waals surface area (Å²) in [5.41, 5.74) is 4.08. The van der Waals surface area contributed by atoms with Gasteiger partial charge < -0.3 is 5.32 Å². The van der Waals surface area contributed by atoms with Crippen molar-refractivity contribution in [2.24, 2.45) is 0 Å². The number of hydrogen-bond donors (Lipinski definition) is 1. The molecule has 5 rings (SSSR count). The van der Waals surface area contributed by atoms with Crippen LogP contribution in [0.3, 0.4) is 0 Å². The summed E-state index contributed by atoms with van der Waals surface area (Å²) < 4.78 is 15.5. The van der Waals surface area contributed by atoms with Crippen molar-refractivity contribution in [2.75, 3.05) is 5.32 Å². The molecule has 31 heavy (non-hydrogen) atoms. The van der Waals surface area contributed by atoms with Gasteiger partial charge in [-0.1, -0.05) is 11.6 Å². The first-order valence-corrected chi connectivity index (χ1v) is 9.69. The molecule has 0 aliphatic heterocycles. The van der Waals surface area contributed by atoms with E-state index in [9.17, 15) is 4.39 Å². The van der Waals surface area contributed by atoms with E-state index in [1.165, 1.54) is 6.07 Å². The van der Waals surface area contributed by atoms with Gasteiger partial charge >= 0.3 is 0 Å². The van der Waals surface area contributed by atoms with Crippen molar-refractivity contribution in [1.82, 2.24) is 29.7 Å². The Balaban J connectivity index is 1.49. The van der Waals surface area contributed by atoms with Gasteiger partial charge in [0.05, 0.1) is 28.6 Å². The van der Waals surface area contributed by atoms with Crippen molar-refractivity contribution in [3.05, 3.63) is 83.8 Å². The molecule has 4 aromatic heterocycles. The van der Waals surface area contributed by atoms with Crippen molar-refractivity contribution >= 4 is 34.1 Å². The SMILES string of the molecule is Cc1ccc(Nc2ccc3c(c2)ncn3-c2cc[c]c(-c3cc(F)cnc3Cl)n2)nn1. The number of hydrogen-bond acceptors (Lipinski definition) is 6. The molecule has 0 fully saturated rings. The number of rotatable bonds is 4. The van der Waals surface area contributed by atoms with Crippen LogP contribution in [0.1, 0.15) is 5.69 Å². The van der Waals surface area contributed by atoms with Crippen LogP contribution in [-0.4, -0.2) is 29.7 Å². The molecule has 7 nitrogen and oxygen atoms in total. The number of fused-ring (bicyclic) bond motifs is 1. The summed E-state index contributed by atoms with van der Waals surface area (Å²) in [6.45, 7) is 1.88. The Hall–Kier alpha value is -3.91. The lowest BCUT2D eigenvalue weighted by molar-refractivity contribution is 0.622. The van der Waals surface area contributed by atoms with Crippen LogP contribution in [-0.2, 0) is 0 Å². The van der Waals surface area contributed by atoms with Crippen molar-refractivity contribution in [1.29, 1.82) is 0 Å². The molecule has 0 atom stereocenters. The molecule has 0 saturated carbocycles. The molecule has 1 radical (unpaired) electrons. The predicted molar refractivity (Wildman–Crippen MR) is 116 cm³/mol. The minimum Gasteiger partial charge on any atom is -0.339 e. The Morgan fingerprint density at radius 1 is 1.06 bits per heavy atom. The highest BCUT2D eigenvalue weighted by molar-refractivity contribution is 6.32. The second kappa shape index (κ2) is 7.73. The molecule has 1 aromatic carbocycles. The van der Waals surface area contributed by atoms with E-state index in [4.69, 9.17) is 11.6 Å². The van der Waals surface area contributed by atoms with Crippen LogP contribution in [0.25, 0.3) is 28.1 Å². The normalized spacial score (nSPS) is 11.1. The maximum atomic E-state index is 13.6. The number of nitrogens with zero attached hydrogens (tertiary/aromatic N) is 6. The van der Waals surface area contributed by atoms with E-state index >= 15 is 0 Å². The van der Waals surface area contributed by atoms with E-state index in [0.29, 0.717) is 22.9 Å². The van der Waals surface area contributed by atoms with E-state index < -0.39 is 5.82 Å². The minimum atomic E-state index is -0.494. The molecule has 0 spiro atoms. The fraction of sp³-hybridized carbons (Fsp3) is 0.0455. The zero-order valence-corrected chi connectivity index (χ0v) is 17.0. The summed E-state index contributed by atoms with van der Waals surface area (Å²) in [6.07, 6.45) is 2.74. The lowest BCUT2D eigenvalue weighted by Crippen LogP contribution is -1.99. The van der Waals surface area contributed by atoms with E-state index in [-0.39, 0.29) is 5.15 Å². The highest BCUT2D eigenvalue weighted by atomic mass is 35.5. The monoisotopic (exact) mass is 430 g/mol. The third kappa shape index (κ3) is 3.80. The third-order valence-corrected chi connectivity index (χ3v) is 4.91. The van der Waals surface area contributed by atoms with Crippen LogP contribution in [0.2, 0.25) is 5.15 Å². The van der Waals surface area contributed by atoms with Gasteiger partial charge in [-0.2, -0.15) is 5.10 Å². The van der Waals surface area contributed by atoms with Gasteiger partial charge in [0, 0.05) is 17.3 Å². The number of halogens is 2. The largest absolute Gasteiger partial charge is 0.339 e. The van der Waals surface area contributed by atoms with Gasteiger partial charge in [0.25, 0.3) is 0 Å². The zero-order valence-electron chi connectivity index (χ0n) is 16.2. The van der Waals surface area contributed by atoms with E-state index in [0.717, 1.165) is 28.6 Å². The van der Waals surface area contributed by atoms with Crippen LogP contribution in [0.4, 0.5) is 15.9 Å². The van der Waals surface area contributed by atoms with Gasteiger partial charge in [-0.15, -0.1) is 5.10 Å². The number of nitrogens with one attached hydrogen (secondary N) is 1. The Morgan fingerprint density at radius 3 is 2.81 bits per heavy atom. The first kappa shape index (κ1) is 19.1. The molecule has 151 valence electrons. The lowest BCUT2D eigenvalue weighted by Gasteiger charge is -2.08. The zero-order chi connectivity index (χ0) is 21.4. The molecule has 0 aliphatic carbocycles. The van der Waals surface area contributed by atoms with Crippen molar-refractivity contribution < 1.29 is 4.39 Å². The molecule has 4 heterocycles.